The number of rotatable bonds is 7. The van der Waals surface area contributed by atoms with E-state index in [2.05, 4.69) is 22.6 Å². The molecule has 0 aromatic heterocycles. The van der Waals surface area contributed by atoms with Gasteiger partial charge in [0.15, 0.2) is 13.9 Å². The Balaban J connectivity index is 1.57. The highest BCUT2D eigenvalue weighted by Crippen LogP contribution is 2.60. The number of halogens is 1. The maximum Gasteiger partial charge on any atom is 0.269 e. The summed E-state index contributed by atoms with van der Waals surface area (Å²) < 4.78 is 7.73. The number of ether oxygens (including phenoxy) is 1. The number of hydrogen-bond acceptors (Lipinski definition) is 7. The Morgan fingerprint density at radius 3 is 2.58 bits per heavy atom. The van der Waals surface area contributed by atoms with Gasteiger partial charge in [-0.2, -0.15) is 0 Å². The summed E-state index contributed by atoms with van der Waals surface area (Å²) in [6.45, 7) is 6.07. The minimum atomic E-state index is -3.01. The molecule has 3 aliphatic rings. The highest BCUT2D eigenvalue weighted by Gasteiger charge is 2.66. The van der Waals surface area contributed by atoms with E-state index in [0.717, 1.165) is 22.0 Å². The summed E-state index contributed by atoms with van der Waals surface area (Å²) in [6, 6.07) is 11.9. The Morgan fingerprint density at radius 2 is 1.95 bits per heavy atom. The molecule has 3 aliphatic heterocycles. The van der Waals surface area contributed by atoms with E-state index >= 15 is 0 Å². The first-order valence-corrected chi connectivity index (χ1v) is 17.6. The van der Waals surface area contributed by atoms with Crippen molar-refractivity contribution in [3.63, 3.8) is 0 Å². The molecule has 5 rings (SSSR count). The van der Waals surface area contributed by atoms with Crippen molar-refractivity contribution in [3.8, 4) is 0 Å². The predicted octanol–water partition coefficient (Wildman–Crippen LogP) is 3.92. The first-order valence-electron chi connectivity index (χ1n) is 13.5. The Hall–Kier alpha value is -2.39. The molecule has 3 heterocycles. The molecule has 2 aromatic carbocycles. The number of non-ortho nitro benzene ring substituents is 1. The van der Waals surface area contributed by atoms with Gasteiger partial charge < -0.3 is 24.4 Å². The van der Waals surface area contributed by atoms with Crippen LogP contribution in [0.15, 0.2) is 42.5 Å². The topological polar surface area (TPSA) is 133 Å². The van der Waals surface area contributed by atoms with Gasteiger partial charge in [-0.05, 0) is 72.3 Å². The molecule has 2 amide bonds. The summed E-state index contributed by atoms with van der Waals surface area (Å²) >= 11 is 2.21. The molecule has 12 heteroatoms. The van der Waals surface area contributed by atoms with Gasteiger partial charge >= 0.3 is 0 Å². The summed E-state index contributed by atoms with van der Waals surface area (Å²) in [5.74, 6) is -1.07. The number of nitro groups is 1. The van der Waals surface area contributed by atoms with E-state index in [1.807, 2.05) is 31.2 Å². The largest absolute Gasteiger partial charge is 0.432 e. The van der Waals surface area contributed by atoms with Gasteiger partial charge in [-0.25, -0.2) is 0 Å². The Labute approximate surface area is 247 Å². The minimum Gasteiger partial charge on any atom is -0.432 e. The second-order valence-electron chi connectivity index (χ2n) is 11.6. The molecule has 0 radical (unpaired) electrons. The number of amides is 2. The highest BCUT2D eigenvalue weighted by atomic mass is 127. The SMILES string of the molecule is C[C@@H]1[C@@H]([Si](C)(C)O)[C@H](CC(=O)N2CCC[C@H]2CO)O[C@@]12C(=O)N(Cc1ccc(I)cc1)c1ccc([N+](=O)[O-])cc12. The standard InChI is InChI=1S/C28H34IN3O7Si/c1-17-26(40(2,3)38)24(14-25(34)30-12-4-5-21(30)16-33)39-28(17)22-13-20(32(36)37)10-11-23(22)31(27(28)35)15-18-6-8-19(29)9-7-18/h6-11,13,17,21,24,26,33,38H,4-5,12,14-16H2,1-3H3/t17-,21+,24+,26-,28+/m1/s1. The van der Waals surface area contributed by atoms with Crippen LogP contribution in [0.1, 0.15) is 37.3 Å². The van der Waals surface area contributed by atoms with E-state index in [1.54, 1.807) is 29.0 Å². The van der Waals surface area contributed by atoms with Crippen molar-refractivity contribution in [1.82, 2.24) is 4.90 Å². The third-order valence-electron chi connectivity index (χ3n) is 8.72. The zero-order valence-corrected chi connectivity index (χ0v) is 25.9. The molecule has 5 atom stereocenters. The molecule has 40 heavy (non-hydrogen) atoms. The summed E-state index contributed by atoms with van der Waals surface area (Å²) in [5, 5.41) is 21.5. The molecule has 2 N–H and O–H groups in total. The normalized spacial score (nSPS) is 28.0. The zero-order chi connectivity index (χ0) is 29.0. The first-order chi connectivity index (χ1) is 18.9. The van der Waals surface area contributed by atoms with E-state index in [-0.39, 0.29) is 43.1 Å². The first kappa shape index (κ1) is 29.1. The summed E-state index contributed by atoms with van der Waals surface area (Å²) in [5.41, 5.74) is -0.390. The number of nitro benzene ring substituents is 1. The number of carbonyl (C=O) groups is 2. The number of benzene rings is 2. The number of anilines is 1. The van der Waals surface area contributed by atoms with Crippen molar-refractivity contribution < 1.29 is 29.2 Å². The van der Waals surface area contributed by atoms with Gasteiger partial charge in [0.25, 0.3) is 11.6 Å². The second-order valence-corrected chi connectivity index (χ2v) is 16.8. The van der Waals surface area contributed by atoms with Crippen molar-refractivity contribution in [1.29, 1.82) is 0 Å². The molecule has 214 valence electrons. The van der Waals surface area contributed by atoms with Crippen LogP contribution >= 0.6 is 22.6 Å². The average molecular weight is 680 g/mol. The molecular formula is C28H34IN3O7Si. The fraction of sp³-hybridized carbons (Fsp3) is 0.500. The number of nitrogens with zero attached hydrogens (tertiary/aromatic N) is 3. The summed E-state index contributed by atoms with van der Waals surface area (Å²) in [7, 11) is -3.01. The molecule has 2 saturated heterocycles. The predicted molar refractivity (Wildman–Crippen MR) is 159 cm³/mol. The monoisotopic (exact) mass is 679 g/mol. The van der Waals surface area contributed by atoms with Crippen molar-refractivity contribution in [3.05, 3.63) is 67.3 Å². The van der Waals surface area contributed by atoms with Crippen molar-refractivity contribution >= 4 is 54.1 Å². The molecule has 2 aromatic rings. The van der Waals surface area contributed by atoms with Gasteiger partial charge in [0.05, 0.1) is 42.3 Å². The van der Waals surface area contributed by atoms with Crippen LogP contribution in [-0.2, 0) is 26.5 Å². The maximum absolute atomic E-state index is 14.4. The van der Waals surface area contributed by atoms with Crippen LogP contribution in [0.5, 0.6) is 0 Å². The maximum atomic E-state index is 14.4. The van der Waals surface area contributed by atoms with E-state index in [1.165, 1.54) is 12.1 Å². The quantitative estimate of drug-likeness (QED) is 0.196. The molecular weight excluding hydrogens is 645 g/mol. The fourth-order valence-corrected chi connectivity index (χ4v) is 9.87. The van der Waals surface area contributed by atoms with Crippen LogP contribution < -0.4 is 4.90 Å². The minimum absolute atomic E-state index is 0.0427. The van der Waals surface area contributed by atoms with Gasteiger partial charge in [0, 0.05) is 39.3 Å². The van der Waals surface area contributed by atoms with E-state index in [9.17, 15) is 29.6 Å². The highest BCUT2D eigenvalue weighted by molar-refractivity contribution is 14.1. The lowest BCUT2D eigenvalue weighted by atomic mass is 9.82. The van der Waals surface area contributed by atoms with Gasteiger partial charge in [0.1, 0.15) is 0 Å². The van der Waals surface area contributed by atoms with Crippen LogP contribution in [-0.4, -0.2) is 65.2 Å². The van der Waals surface area contributed by atoms with E-state index < -0.39 is 36.4 Å². The Kier molecular flexibility index (Phi) is 7.85. The molecule has 1 spiro atoms. The third-order valence-corrected chi connectivity index (χ3v) is 11.9. The third kappa shape index (κ3) is 4.87. The number of aliphatic hydroxyl groups excluding tert-OH is 1. The smallest absolute Gasteiger partial charge is 0.269 e. The number of fused-ring (bicyclic) bond motifs is 2. The van der Waals surface area contributed by atoms with Crippen LogP contribution in [0.3, 0.4) is 0 Å². The molecule has 2 fully saturated rings. The number of aliphatic hydroxyl groups is 1. The molecule has 0 bridgehead atoms. The molecule has 0 unspecified atom stereocenters. The fourth-order valence-electron chi connectivity index (χ4n) is 6.95. The average Bonchev–Trinajstić information content (AvgIpc) is 3.55. The number of carbonyl (C=O) groups excluding carboxylic acids is 2. The van der Waals surface area contributed by atoms with E-state index in [4.69, 9.17) is 4.74 Å². The lowest BCUT2D eigenvalue weighted by Gasteiger charge is -2.32. The number of hydrogen-bond donors (Lipinski definition) is 2. The molecule has 10 nitrogen and oxygen atoms in total. The Bertz CT molecular complexity index is 1330. The van der Waals surface area contributed by atoms with Crippen LogP contribution in [0.2, 0.25) is 18.6 Å². The molecule has 0 saturated carbocycles. The van der Waals surface area contributed by atoms with Crippen molar-refractivity contribution in [2.45, 2.75) is 69.1 Å². The van der Waals surface area contributed by atoms with Gasteiger partial charge in [0.2, 0.25) is 5.91 Å². The van der Waals surface area contributed by atoms with Crippen molar-refractivity contribution in [2.75, 3.05) is 18.1 Å². The number of likely N-dealkylation sites (tertiary alicyclic amines) is 1. The zero-order valence-electron chi connectivity index (χ0n) is 22.7. The van der Waals surface area contributed by atoms with Crippen LogP contribution in [0.25, 0.3) is 0 Å². The van der Waals surface area contributed by atoms with Gasteiger partial charge in [-0.3, -0.25) is 19.7 Å². The summed E-state index contributed by atoms with van der Waals surface area (Å²) in [6.07, 6.45) is 0.721. The molecule has 0 aliphatic carbocycles. The van der Waals surface area contributed by atoms with E-state index in [0.29, 0.717) is 17.8 Å². The Morgan fingerprint density at radius 1 is 1.25 bits per heavy atom. The lowest BCUT2D eigenvalue weighted by Crippen LogP contribution is -2.46. The second kappa shape index (κ2) is 10.8. The van der Waals surface area contributed by atoms with Gasteiger partial charge in [-0.15, -0.1) is 0 Å². The summed E-state index contributed by atoms with van der Waals surface area (Å²) in [4.78, 5) is 53.9. The van der Waals surface area contributed by atoms with Crippen molar-refractivity contribution in [2.24, 2.45) is 5.92 Å². The lowest BCUT2D eigenvalue weighted by molar-refractivity contribution is -0.385. The van der Waals surface area contributed by atoms with Crippen LogP contribution in [0.4, 0.5) is 11.4 Å². The van der Waals surface area contributed by atoms with Gasteiger partial charge in [-0.1, -0.05) is 19.1 Å². The van der Waals surface area contributed by atoms with Crippen LogP contribution in [0, 0.1) is 19.6 Å².